The second-order valence-corrected chi connectivity index (χ2v) is 9.43. The molecule has 28 heavy (non-hydrogen) atoms. The van der Waals surface area contributed by atoms with Crippen LogP contribution in [0.4, 0.5) is 9.59 Å². The van der Waals surface area contributed by atoms with Crippen LogP contribution in [0.2, 0.25) is 0 Å². The molecule has 0 bridgehead atoms. The third-order valence-electron chi connectivity index (χ3n) is 6.06. The van der Waals surface area contributed by atoms with Gasteiger partial charge in [-0.25, -0.2) is 9.59 Å². The number of nitrogens with one attached hydrogen (secondary N) is 1. The van der Waals surface area contributed by atoms with Gasteiger partial charge in [-0.15, -0.1) is 0 Å². The van der Waals surface area contributed by atoms with Crippen molar-refractivity contribution in [1.29, 1.82) is 0 Å². The molecular formula is C21H30N4O3. The van der Waals surface area contributed by atoms with Crippen molar-refractivity contribution in [3.05, 3.63) is 29.6 Å². The van der Waals surface area contributed by atoms with E-state index in [-0.39, 0.29) is 12.1 Å². The quantitative estimate of drug-likeness (QED) is 0.848. The largest absolute Gasteiger partial charge is 0.444 e. The third-order valence-corrected chi connectivity index (χ3v) is 6.06. The van der Waals surface area contributed by atoms with E-state index in [1.165, 1.54) is 5.56 Å². The van der Waals surface area contributed by atoms with Crippen LogP contribution in [-0.4, -0.2) is 52.1 Å². The highest BCUT2D eigenvalue weighted by Crippen LogP contribution is 2.41. The summed E-state index contributed by atoms with van der Waals surface area (Å²) in [6.45, 7) is 9.25. The Morgan fingerprint density at radius 2 is 1.82 bits per heavy atom. The molecular weight excluding hydrogens is 356 g/mol. The van der Waals surface area contributed by atoms with Crippen LogP contribution >= 0.6 is 0 Å². The van der Waals surface area contributed by atoms with Crippen molar-refractivity contribution in [3.8, 4) is 0 Å². The van der Waals surface area contributed by atoms with Crippen LogP contribution in [-0.2, 0) is 17.8 Å². The minimum absolute atomic E-state index is 0.00337. The maximum atomic E-state index is 12.5. The van der Waals surface area contributed by atoms with Gasteiger partial charge in [0.05, 0.1) is 0 Å². The van der Waals surface area contributed by atoms with Gasteiger partial charge in [-0.1, -0.05) is 0 Å². The summed E-state index contributed by atoms with van der Waals surface area (Å²) in [7, 11) is 0. The molecule has 0 aromatic carbocycles. The Morgan fingerprint density at radius 3 is 2.46 bits per heavy atom. The lowest BCUT2D eigenvalue weighted by molar-refractivity contribution is 0.0278. The first-order chi connectivity index (χ1) is 13.3. The number of pyridine rings is 1. The first-order valence-electron chi connectivity index (χ1n) is 10.2. The Balaban J connectivity index is 1.21. The Labute approximate surface area is 166 Å². The van der Waals surface area contributed by atoms with E-state index in [1.807, 2.05) is 42.8 Å². The fourth-order valence-electron chi connectivity index (χ4n) is 4.77. The van der Waals surface area contributed by atoms with Crippen molar-refractivity contribution in [1.82, 2.24) is 20.1 Å². The number of carbonyl (C=O) groups excluding carboxylic acids is 2. The molecule has 2 aliphatic heterocycles. The Hall–Kier alpha value is -2.31. The molecule has 0 unspecified atom stereocenters. The molecule has 1 aromatic rings. The smallest absolute Gasteiger partial charge is 0.410 e. The zero-order chi connectivity index (χ0) is 19.9. The molecule has 3 aliphatic rings. The van der Waals surface area contributed by atoms with E-state index >= 15 is 0 Å². The molecule has 152 valence electrons. The maximum Gasteiger partial charge on any atom is 0.410 e. The molecule has 4 rings (SSSR count). The molecule has 1 aliphatic carbocycles. The monoisotopic (exact) mass is 386 g/mol. The van der Waals surface area contributed by atoms with Crippen molar-refractivity contribution in [2.24, 2.45) is 17.8 Å². The molecule has 3 amide bonds. The first-order valence-corrected chi connectivity index (χ1v) is 10.2. The molecule has 7 heteroatoms. The molecule has 1 saturated carbocycles. The molecule has 7 nitrogen and oxygen atoms in total. The highest BCUT2D eigenvalue weighted by Gasteiger charge is 2.43. The highest BCUT2D eigenvalue weighted by atomic mass is 16.6. The number of amides is 3. The van der Waals surface area contributed by atoms with Gasteiger partial charge in [0.15, 0.2) is 0 Å². The fraction of sp³-hybridized carbons (Fsp3) is 0.667. The van der Waals surface area contributed by atoms with Crippen molar-refractivity contribution < 1.29 is 14.3 Å². The van der Waals surface area contributed by atoms with Gasteiger partial charge in [-0.2, -0.15) is 0 Å². The number of fused-ring (bicyclic) bond motifs is 2. The summed E-state index contributed by atoms with van der Waals surface area (Å²) in [5.74, 6) is 1.54. The van der Waals surface area contributed by atoms with Gasteiger partial charge < -0.3 is 19.9 Å². The predicted octanol–water partition coefficient (Wildman–Crippen LogP) is 3.00. The van der Waals surface area contributed by atoms with Crippen LogP contribution in [0.3, 0.4) is 0 Å². The zero-order valence-corrected chi connectivity index (χ0v) is 17.0. The van der Waals surface area contributed by atoms with Gasteiger partial charge >= 0.3 is 12.1 Å². The van der Waals surface area contributed by atoms with E-state index in [1.54, 1.807) is 6.20 Å². The number of likely N-dealkylation sites (tertiary alicyclic amines) is 1. The van der Waals surface area contributed by atoms with Crippen LogP contribution in [0, 0.1) is 17.8 Å². The number of aromatic nitrogens is 1. The molecule has 3 atom stereocenters. The van der Waals surface area contributed by atoms with Crippen LogP contribution in [0.15, 0.2) is 18.5 Å². The molecule has 0 radical (unpaired) electrons. The van der Waals surface area contributed by atoms with E-state index in [9.17, 15) is 9.59 Å². The van der Waals surface area contributed by atoms with Crippen LogP contribution in [0.5, 0.6) is 0 Å². The number of carbonyl (C=O) groups is 2. The van der Waals surface area contributed by atoms with Crippen molar-refractivity contribution in [2.75, 3.05) is 19.6 Å². The minimum atomic E-state index is -0.451. The topological polar surface area (TPSA) is 74.8 Å². The zero-order valence-electron chi connectivity index (χ0n) is 17.0. The summed E-state index contributed by atoms with van der Waals surface area (Å²) in [6.07, 6.45) is 5.55. The highest BCUT2D eigenvalue weighted by molar-refractivity contribution is 5.75. The van der Waals surface area contributed by atoms with Gasteiger partial charge in [0.25, 0.3) is 0 Å². The van der Waals surface area contributed by atoms with Gasteiger partial charge in [0.1, 0.15) is 5.60 Å². The molecule has 0 spiro atoms. The SMILES string of the molecule is CC(C)(C)OC(=O)N1C[C@H]2C[C@@H](CNC(=O)N3Cc4ccncc4C3)C[C@H]2C1. The summed E-state index contributed by atoms with van der Waals surface area (Å²) in [5.41, 5.74) is 1.87. The number of hydrogen-bond donors (Lipinski definition) is 1. The lowest BCUT2D eigenvalue weighted by atomic mass is 10.0. The summed E-state index contributed by atoms with van der Waals surface area (Å²) in [5, 5.41) is 3.12. The normalized spacial score (nSPS) is 26.2. The van der Waals surface area contributed by atoms with Gasteiger partial charge in [0, 0.05) is 45.1 Å². The standard InChI is InChI=1S/C21H30N4O3/c1-21(2,3)28-20(27)25-11-16-6-14(7-17(16)12-25)8-23-19(26)24-10-15-4-5-22-9-18(15)13-24/h4-5,9,14,16-17H,6-8,10-13H2,1-3H3,(H,23,26)/t14-,16-,17+. The van der Waals surface area contributed by atoms with Crippen molar-refractivity contribution in [3.63, 3.8) is 0 Å². The summed E-state index contributed by atoms with van der Waals surface area (Å²) >= 11 is 0. The van der Waals surface area contributed by atoms with E-state index in [0.717, 1.165) is 31.5 Å². The molecule has 1 N–H and O–H groups in total. The van der Waals surface area contributed by atoms with Crippen LogP contribution in [0.25, 0.3) is 0 Å². The average molecular weight is 386 g/mol. The van der Waals surface area contributed by atoms with Crippen LogP contribution in [0.1, 0.15) is 44.7 Å². The fourth-order valence-corrected chi connectivity index (χ4v) is 4.77. The summed E-state index contributed by atoms with van der Waals surface area (Å²) < 4.78 is 5.50. The number of ether oxygens (including phenoxy) is 1. The number of rotatable bonds is 2. The van der Waals surface area contributed by atoms with Gasteiger partial charge in [-0.05, 0) is 68.6 Å². The lowest BCUT2D eigenvalue weighted by Crippen LogP contribution is -2.39. The van der Waals surface area contributed by atoms with E-state index in [4.69, 9.17) is 4.74 Å². The Bertz CT molecular complexity index is 721. The molecule has 3 heterocycles. The molecule has 2 fully saturated rings. The molecule has 1 saturated heterocycles. The summed E-state index contributed by atoms with van der Waals surface area (Å²) in [6, 6.07) is 1.99. The van der Waals surface area contributed by atoms with Crippen LogP contribution < -0.4 is 5.32 Å². The number of hydrogen-bond acceptors (Lipinski definition) is 4. The third kappa shape index (κ3) is 4.08. The number of nitrogens with zero attached hydrogens (tertiary/aromatic N) is 3. The van der Waals surface area contributed by atoms with Gasteiger partial charge in [-0.3, -0.25) is 4.98 Å². The van der Waals surface area contributed by atoms with Gasteiger partial charge in [0.2, 0.25) is 0 Å². The second kappa shape index (κ2) is 7.26. The first kappa shape index (κ1) is 19.0. The predicted molar refractivity (Wildman–Crippen MR) is 104 cm³/mol. The van der Waals surface area contributed by atoms with Crippen molar-refractivity contribution >= 4 is 12.1 Å². The maximum absolute atomic E-state index is 12.5. The van der Waals surface area contributed by atoms with E-state index in [2.05, 4.69) is 10.3 Å². The number of urea groups is 1. The lowest BCUT2D eigenvalue weighted by Gasteiger charge is -2.25. The average Bonchev–Trinajstić information content (AvgIpc) is 3.30. The molecule has 1 aromatic heterocycles. The van der Waals surface area contributed by atoms with Crippen molar-refractivity contribution in [2.45, 2.75) is 52.3 Å². The Morgan fingerprint density at radius 1 is 1.14 bits per heavy atom. The summed E-state index contributed by atoms with van der Waals surface area (Å²) in [4.78, 5) is 32.6. The Kier molecular flexibility index (Phi) is 4.93. The minimum Gasteiger partial charge on any atom is -0.444 e. The second-order valence-electron chi connectivity index (χ2n) is 9.43. The van der Waals surface area contributed by atoms with E-state index in [0.29, 0.717) is 37.4 Å². The van der Waals surface area contributed by atoms with E-state index < -0.39 is 5.60 Å².